The van der Waals surface area contributed by atoms with E-state index >= 15 is 0 Å². The average Bonchev–Trinajstić information content (AvgIpc) is 2.55. The normalized spacial score (nSPS) is 27.3. The molecule has 1 aromatic heterocycles. The van der Waals surface area contributed by atoms with E-state index in [4.69, 9.17) is 4.98 Å². The van der Waals surface area contributed by atoms with Crippen LogP contribution in [-0.4, -0.2) is 9.55 Å². The van der Waals surface area contributed by atoms with Gasteiger partial charge >= 0.3 is 0 Å². The molecule has 2 aliphatic rings. The van der Waals surface area contributed by atoms with E-state index in [1.165, 1.54) is 50.0 Å². The lowest BCUT2D eigenvalue weighted by molar-refractivity contribution is 0.296. The first-order chi connectivity index (χ1) is 7.57. The summed E-state index contributed by atoms with van der Waals surface area (Å²) in [6, 6.07) is 0.675. The predicted molar refractivity (Wildman–Crippen MR) is 65.7 cm³/mol. The monoisotopic (exact) mass is 218 g/mol. The lowest BCUT2D eigenvalue weighted by Gasteiger charge is -2.32. The molecular formula is C14H22N2. The van der Waals surface area contributed by atoms with Gasteiger partial charge in [0, 0.05) is 18.2 Å². The minimum Gasteiger partial charge on any atom is -0.329 e. The quantitative estimate of drug-likeness (QED) is 0.653. The van der Waals surface area contributed by atoms with E-state index in [2.05, 4.69) is 25.3 Å². The molecule has 0 saturated carbocycles. The summed E-state index contributed by atoms with van der Waals surface area (Å²) in [4.78, 5) is 4.87. The predicted octanol–water partition coefficient (Wildman–Crippen LogP) is 3.30. The topological polar surface area (TPSA) is 17.8 Å². The Morgan fingerprint density at radius 2 is 2.12 bits per heavy atom. The number of nitrogens with zero attached hydrogens (tertiary/aromatic N) is 2. The average molecular weight is 218 g/mol. The summed E-state index contributed by atoms with van der Waals surface area (Å²) in [7, 11) is 0. The molecule has 1 unspecified atom stereocenters. The van der Waals surface area contributed by atoms with Crippen molar-refractivity contribution in [2.45, 2.75) is 65.3 Å². The smallest absolute Gasteiger partial charge is 0.109 e. The van der Waals surface area contributed by atoms with Crippen molar-refractivity contribution in [1.82, 2.24) is 9.55 Å². The van der Waals surface area contributed by atoms with Crippen LogP contribution in [0, 0.1) is 5.41 Å². The number of fused-ring (bicyclic) bond motifs is 3. The molecule has 0 fully saturated rings. The summed E-state index contributed by atoms with van der Waals surface area (Å²) in [5.41, 5.74) is 3.43. The molecular weight excluding hydrogens is 196 g/mol. The second kappa shape index (κ2) is 3.35. The zero-order valence-electron chi connectivity index (χ0n) is 10.7. The van der Waals surface area contributed by atoms with E-state index in [0.717, 1.165) is 0 Å². The Bertz CT molecular complexity index is 415. The van der Waals surface area contributed by atoms with E-state index in [9.17, 15) is 0 Å². The molecule has 0 N–H and O–H groups in total. The van der Waals surface area contributed by atoms with E-state index in [1.54, 1.807) is 5.69 Å². The first kappa shape index (κ1) is 10.4. The molecule has 16 heavy (non-hydrogen) atoms. The van der Waals surface area contributed by atoms with Crippen LogP contribution in [0.3, 0.4) is 0 Å². The largest absolute Gasteiger partial charge is 0.329 e. The number of hydrogen-bond acceptors (Lipinski definition) is 1. The maximum Gasteiger partial charge on any atom is 0.109 e. The Kier molecular flexibility index (Phi) is 2.17. The van der Waals surface area contributed by atoms with Gasteiger partial charge in [0.05, 0.1) is 5.69 Å². The van der Waals surface area contributed by atoms with Gasteiger partial charge in [0.1, 0.15) is 5.82 Å². The maximum absolute atomic E-state index is 4.87. The third-order valence-corrected chi connectivity index (χ3v) is 4.31. The van der Waals surface area contributed by atoms with E-state index in [0.29, 0.717) is 11.5 Å². The first-order valence-electron chi connectivity index (χ1n) is 6.66. The van der Waals surface area contributed by atoms with Gasteiger partial charge in [-0.05, 0) is 44.4 Å². The van der Waals surface area contributed by atoms with Crippen LogP contribution in [0.1, 0.15) is 63.3 Å². The summed E-state index contributed by atoms with van der Waals surface area (Å²) in [5, 5.41) is 0. The van der Waals surface area contributed by atoms with Gasteiger partial charge < -0.3 is 4.57 Å². The Balaban J connectivity index is 2.08. The Hall–Kier alpha value is -0.790. The van der Waals surface area contributed by atoms with Crippen LogP contribution < -0.4 is 0 Å². The summed E-state index contributed by atoms with van der Waals surface area (Å²) in [5.74, 6) is 1.36. The summed E-state index contributed by atoms with van der Waals surface area (Å²) >= 11 is 0. The van der Waals surface area contributed by atoms with Crippen LogP contribution >= 0.6 is 0 Å². The standard InChI is InChI=1S/C14H22N2/c1-10-5-4-6-13-15-11-7-8-14(2,3)9-12(11)16(10)13/h10H,4-9H2,1-3H3. The Morgan fingerprint density at radius 1 is 1.31 bits per heavy atom. The maximum atomic E-state index is 4.87. The fourth-order valence-electron chi connectivity index (χ4n) is 3.34. The van der Waals surface area contributed by atoms with Gasteiger partial charge in [0.15, 0.2) is 0 Å². The molecule has 2 nitrogen and oxygen atoms in total. The van der Waals surface area contributed by atoms with Crippen molar-refractivity contribution in [3.63, 3.8) is 0 Å². The van der Waals surface area contributed by atoms with Crippen molar-refractivity contribution in [2.24, 2.45) is 5.41 Å². The number of hydrogen-bond donors (Lipinski definition) is 0. The third-order valence-electron chi connectivity index (χ3n) is 4.31. The molecule has 0 amide bonds. The summed E-state index contributed by atoms with van der Waals surface area (Å²) in [6.07, 6.45) is 7.55. The van der Waals surface area contributed by atoms with Crippen LogP contribution in [0.5, 0.6) is 0 Å². The van der Waals surface area contributed by atoms with Gasteiger partial charge in [0.2, 0.25) is 0 Å². The van der Waals surface area contributed by atoms with Crippen molar-refractivity contribution in [1.29, 1.82) is 0 Å². The molecule has 1 aliphatic heterocycles. The van der Waals surface area contributed by atoms with Crippen LogP contribution in [0.25, 0.3) is 0 Å². The molecule has 1 aliphatic carbocycles. The molecule has 0 saturated heterocycles. The highest BCUT2D eigenvalue weighted by atomic mass is 15.1. The summed E-state index contributed by atoms with van der Waals surface area (Å²) < 4.78 is 2.56. The van der Waals surface area contributed by atoms with Crippen LogP contribution in [0.4, 0.5) is 0 Å². The van der Waals surface area contributed by atoms with Crippen molar-refractivity contribution in [3.05, 3.63) is 17.2 Å². The molecule has 0 bridgehead atoms. The highest BCUT2D eigenvalue weighted by Gasteiger charge is 2.32. The van der Waals surface area contributed by atoms with Gasteiger partial charge in [-0.1, -0.05) is 13.8 Å². The van der Waals surface area contributed by atoms with Gasteiger partial charge in [-0.3, -0.25) is 0 Å². The van der Waals surface area contributed by atoms with Gasteiger partial charge in [-0.2, -0.15) is 0 Å². The van der Waals surface area contributed by atoms with Crippen molar-refractivity contribution in [3.8, 4) is 0 Å². The fraction of sp³-hybridized carbons (Fsp3) is 0.786. The van der Waals surface area contributed by atoms with Gasteiger partial charge in [-0.25, -0.2) is 4.98 Å². The molecule has 1 atom stereocenters. The zero-order valence-corrected chi connectivity index (χ0v) is 10.7. The zero-order chi connectivity index (χ0) is 11.3. The van der Waals surface area contributed by atoms with E-state index in [1.807, 2.05) is 0 Å². The van der Waals surface area contributed by atoms with Crippen LogP contribution in [0.2, 0.25) is 0 Å². The first-order valence-corrected chi connectivity index (χ1v) is 6.66. The molecule has 88 valence electrons. The lowest BCUT2D eigenvalue weighted by atomic mass is 9.78. The minimum absolute atomic E-state index is 0.473. The van der Waals surface area contributed by atoms with E-state index in [-0.39, 0.29) is 0 Å². The second-order valence-corrected chi connectivity index (χ2v) is 6.37. The SMILES string of the molecule is CC1CCCc2nc3c(n21)CC(C)(C)CC3. The van der Waals surface area contributed by atoms with Crippen LogP contribution in [0.15, 0.2) is 0 Å². The highest BCUT2D eigenvalue weighted by molar-refractivity contribution is 5.24. The molecule has 3 rings (SSSR count). The van der Waals surface area contributed by atoms with Crippen molar-refractivity contribution >= 4 is 0 Å². The fourth-order valence-corrected chi connectivity index (χ4v) is 3.34. The molecule has 0 spiro atoms. The summed E-state index contributed by atoms with van der Waals surface area (Å²) in [6.45, 7) is 7.14. The molecule has 2 heterocycles. The Morgan fingerprint density at radius 3 is 2.94 bits per heavy atom. The third kappa shape index (κ3) is 1.50. The van der Waals surface area contributed by atoms with Crippen molar-refractivity contribution in [2.75, 3.05) is 0 Å². The van der Waals surface area contributed by atoms with Gasteiger partial charge in [0.25, 0.3) is 0 Å². The number of aryl methyl sites for hydroxylation is 2. The number of imidazole rings is 1. The molecule has 2 heteroatoms. The van der Waals surface area contributed by atoms with E-state index < -0.39 is 0 Å². The van der Waals surface area contributed by atoms with Gasteiger partial charge in [-0.15, -0.1) is 0 Å². The number of rotatable bonds is 0. The van der Waals surface area contributed by atoms with Crippen LogP contribution in [-0.2, 0) is 19.3 Å². The number of aromatic nitrogens is 2. The molecule has 1 aromatic rings. The van der Waals surface area contributed by atoms with Crippen molar-refractivity contribution < 1.29 is 0 Å². The second-order valence-electron chi connectivity index (χ2n) is 6.37. The molecule has 0 radical (unpaired) electrons. The lowest BCUT2D eigenvalue weighted by Crippen LogP contribution is -2.26. The highest BCUT2D eigenvalue weighted by Crippen LogP contribution is 2.38. The minimum atomic E-state index is 0.473. The molecule has 0 aromatic carbocycles. The Labute approximate surface area is 98.1 Å².